The molecule has 0 radical (unpaired) electrons. The van der Waals surface area contributed by atoms with Crippen LogP contribution in [0.15, 0.2) is 50.9 Å². The molecule has 0 fully saturated rings. The van der Waals surface area contributed by atoms with E-state index in [0.29, 0.717) is 21.2 Å². The highest BCUT2D eigenvalue weighted by molar-refractivity contribution is 6.32. The molecule has 182 valence electrons. The minimum absolute atomic E-state index is 0.150. The summed E-state index contributed by atoms with van der Waals surface area (Å²) in [6.45, 7) is 0.878. The van der Waals surface area contributed by atoms with Gasteiger partial charge in [0.1, 0.15) is 0 Å². The Balaban J connectivity index is 1.96. The SMILES string of the molecule is Cc1cc2[nH]c(=O)[nH]c2cc1-n1cc(OC(=O)O)c(=O)n(Cc2cccc(C(F)(F)F)c2Cl)c1=O. The van der Waals surface area contributed by atoms with Crippen molar-refractivity contribution in [1.29, 1.82) is 0 Å². The van der Waals surface area contributed by atoms with Crippen LogP contribution in [0.3, 0.4) is 0 Å². The van der Waals surface area contributed by atoms with Crippen molar-refractivity contribution in [2.24, 2.45) is 0 Å². The van der Waals surface area contributed by atoms with Crippen LogP contribution >= 0.6 is 11.6 Å². The number of rotatable bonds is 4. The third-order valence-electron chi connectivity index (χ3n) is 5.14. The standard InChI is InChI=1S/C21H14ClF3N4O6/c1-9-5-12-13(27-18(31)26-12)6-14(9)28-8-15(35-20(33)34)17(30)29(19(28)32)7-10-3-2-4-11(16(10)22)21(23,24)25/h2-6,8H,7H2,1H3,(H,33,34)(H2,26,27,31). The number of benzene rings is 2. The average molecular weight is 511 g/mol. The van der Waals surface area contributed by atoms with Crippen molar-refractivity contribution in [3.63, 3.8) is 0 Å². The molecule has 2 heterocycles. The van der Waals surface area contributed by atoms with E-state index >= 15 is 0 Å². The molecule has 0 amide bonds. The maximum Gasteiger partial charge on any atom is 0.511 e. The molecule has 4 rings (SSSR count). The van der Waals surface area contributed by atoms with Gasteiger partial charge in [0.05, 0.1) is 40.0 Å². The Kier molecular flexibility index (Phi) is 5.80. The summed E-state index contributed by atoms with van der Waals surface area (Å²) in [5, 5.41) is 8.31. The number of carboxylic acid groups (broad SMARTS) is 1. The fourth-order valence-corrected chi connectivity index (χ4v) is 3.88. The molecular weight excluding hydrogens is 497 g/mol. The molecule has 0 aliphatic heterocycles. The number of hydrogen-bond donors (Lipinski definition) is 3. The minimum atomic E-state index is -4.79. The monoisotopic (exact) mass is 510 g/mol. The molecule has 4 aromatic rings. The number of imidazole rings is 1. The first-order valence-electron chi connectivity index (χ1n) is 9.71. The highest BCUT2D eigenvalue weighted by Crippen LogP contribution is 2.36. The van der Waals surface area contributed by atoms with E-state index < -0.39 is 52.2 Å². The third kappa shape index (κ3) is 4.45. The molecule has 0 aliphatic rings. The van der Waals surface area contributed by atoms with Crippen LogP contribution in [0, 0.1) is 6.92 Å². The van der Waals surface area contributed by atoms with Crippen molar-refractivity contribution in [3.8, 4) is 11.4 Å². The molecule has 10 nitrogen and oxygen atoms in total. The Hall–Kier alpha value is -4.26. The van der Waals surface area contributed by atoms with Gasteiger partial charge in [0.25, 0.3) is 5.56 Å². The second-order valence-corrected chi connectivity index (χ2v) is 7.82. The van der Waals surface area contributed by atoms with Crippen LogP contribution in [0.1, 0.15) is 16.7 Å². The summed E-state index contributed by atoms with van der Waals surface area (Å²) in [4.78, 5) is 54.0. The lowest BCUT2D eigenvalue weighted by Gasteiger charge is -2.16. The van der Waals surface area contributed by atoms with Gasteiger partial charge >= 0.3 is 23.7 Å². The van der Waals surface area contributed by atoms with E-state index in [1.54, 1.807) is 6.92 Å². The van der Waals surface area contributed by atoms with Gasteiger partial charge in [-0.15, -0.1) is 0 Å². The van der Waals surface area contributed by atoms with Crippen molar-refractivity contribution in [2.45, 2.75) is 19.6 Å². The number of nitrogens with zero attached hydrogens (tertiary/aromatic N) is 2. The maximum atomic E-state index is 13.3. The first-order valence-corrected chi connectivity index (χ1v) is 10.1. The van der Waals surface area contributed by atoms with Crippen molar-refractivity contribution in [2.75, 3.05) is 0 Å². The van der Waals surface area contributed by atoms with Crippen LogP contribution in [0.2, 0.25) is 5.02 Å². The molecule has 0 unspecified atom stereocenters. The highest BCUT2D eigenvalue weighted by atomic mass is 35.5. The van der Waals surface area contributed by atoms with Crippen molar-refractivity contribution >= 4 is 28.8 Å². The van der Waals surface area contributed by atoms with Gasteiger partial charge in [-0.2, -0.15) is 13.2 Å². The molecule has 2 aromatic carbocycles. The van der Waals surface area contributed by atoms with Gasteiger partial charge in [0, 0.05) is 0 Å². The summed E-state index contributed by atoms with van der Waals surface area (Å²) in [5.74, 6) is -0.776. The first kappa shape index (κ1) is 23.9. The highest BCUT2D eigenvalue weighted by Gasteiger charge is 2.34. The fourth-order valence-electron chi connectivity index (χ4n) is 3.58. The Morgan fingerprint density at radius 1 is 1.14 bits per heavy atom. The zero-order chi connectivity index (χ0) is 25.7. The number of aryl methyl sites for hydroxylation is 1. The van der Waals surface area contributed by atoms with Gasteiger partial charge in [-0.05, 0) is 36.2 Å². The van der Waals surface area contributed by atoms with Crippen molar-refractivity contribution in [3.05, 3.63) is 89.6 Å². The van der Waals surface area contributed by atoms with Crippen LogP contribution in [-0.4, -0.2) is 30.4 Å². The Labute approximate surface area is 196 Å². The molecule has 0 atom stereocenters. The smallest absolute Gasteiger partial charge is 0.449 e. The van der Waals surface area contributed by atoms with E-state index in [4.69, 9.17) is 16.7 Å². The lowest BCUT2D eigenvalue weighted by atomic mass is 10.1. The minimum Gasteiger partial charge on any atom is -0.449 e. The molecule has 3 N–H and O–H groups in total. The summed E-state index contributed by atoms with van der Waals surface area (Å²) < 4.78 is 45.7. The van der Waals surface area contributed by atoms with Gasteiger partial charge in [-0.25, -0.2) is 14.4 Å². The lowest BCUT2D eigenvalue weighted by Crippen LogP contribution is -2.40. The Morgan fingerprint density at radius 3 is 2.43 bits per heavy atom. The number of aromatic amines is 2. The number of fused-ring (bicyclic) bond motifs is 1. The number of H-pyrrole nitrogens is 2. The number of halogens is 4. The van der Waals surface area contributed by atoms with Gasteiger partial charge in [0.15, 0.2) is 0 Å². The fraction of sp³-hybridized carbons (Fsp3) is 0.143. The van der Waals surface area contributed by atoms with E-state index in [1.807, 2.05) is 0 Å². The van der Waals surface area contributed by atoms with Crippen LogP contribution in [0.5, 0.6) is 5.75 Å². The summed E-state index contributed by atoms with van der Waals surface area (Å²) in [6.07, 6.45) is -5.79. The van der Waals surface area contributed by atoms with Gasteiger partial charge < -0.3 is 19.8 Å². The summed E-state index contributed by atoms with van der Waals surface area (Å²) in [5.41, 5.74) is -2.77. The third-order valence-corrected chi connectivity index (χ3v) is 5.59. The lowest BCUT2D eigenvalue weighted by molar-refractivity contribution is -0.137. The van der Waals surface area contributed by atoms with Gasteiger partial charge in [-0.3, -0.25) is 13.9 Å². The Bertz CT molecular complexity index is 1670. The number of carbonyl (C=O) groups is 1. The molecule has 0 saturated heterocycles. The number of hydrogen-bond acceptors (Lipinski definition) is 5. The molecule has 2 aromatic heterocycles. The molecule has 0 aliphatic carbocycles. The topological polar surface area (TPSA) is 139 Å². The maximum absolute atomic E-state index is 13.3. The molecule has 0 bridgehead atoms. The zero-order valence-corrected chi connectivity index (χ0v) is 18.3. The van der Waals surface area contributed by atoms with E-state index in [1.165, 1.54) is 18.2 Å². The molecular formula is C21H14ClF3N4O6. The van der Waals surface area contributed by atoms with Crippen LogP contribution < -0.4 is 21.7 Å². The number of nitrogens with one attached hydrogen (secondary N) is 2. The van der Waals surface area contributed by atoms with Gasteiger partial charge in [0.2, 0.25) is 5.75 Å². The van der Waals surface area contributed by atoms with E-state index in [0.717, 1.165) is 22.9 Å². The van der Waals surface area contributed by atoms with E-state index in [2.05, 4.69) is 14.7 Å². The van der Waals surface area contributed by atoms with Gasteiger partial charge in [-0.1, -0.05) is 23.7 Å². The number of ether oxygens (including phenoxy) is 1. The second kappa shape index (κ2) is 8.51. The summed E-state index contributed by atoms with van der Waals surface area (Å²) in [6, 6.07) is 5.94. The Morgan fingerprint density at radius 2 is 1.80 bits per heavy atom. The first-order chi connectivity index (χ1) is 16.4. The zero-order valence-electron chi connectivity index (χ0n) is 17.6. The van der Waals surface area contributed by atoms with Crippen molar-refractivity contribution < 1.29 is 27.8 Å². The molecule has 14 heteroatoms. The van der Waals surface area contributed by atoms with E-state index in [9.17, 15) is 32.3 Å². The van der Waals surface area contributed by atoms with Crippen LogP contribution in [-0.2, 0) is 12.7 Å². The second-order valence-electron chi connectivity index (χ2n) is 7.45. The predicted octanol–water partition coefficient (Wildman–Crippen LogP) is 3.25. The quantitative estimate of drug-likeness (QED) is 0.360. The summed E-state index contributed by atoms with van der Waals surface area (Å²) in [7, 11) is 0. The normalized spacial score (nSPS) is 11.7. The number of aromatic nitrogens is 4. The summed E-state index contributed by atoms with van der Waals surface area (Å²) >= 11 is 5.92. The van der Waals surface area contributed by atoms with Crippen LogP contribution in [0.4, 0.5) is 18.0 Å². The number of alkyl halides is 3. The molecule has 0 spiro atoms. The van der Waals surface area contributed by atoms with Crippen molar-refractivity contribution in [1.82, 2.24) is 19.1 Å². The molecule has 0 saturated carbocycles. The van der Waals surface area contributed by atoms with E-state index in [-0.39, 0.29) is 11.3 Å². The average Bonchev–Trinajstić information content (AvgIpc) is 3.11. The predicted molar refractivity (Wildman–Crippen MR) is 118 cm³/mol. The largest absolute Gasteiger partial charge is 0.511 e. The van der Waals surface area contributed by atoms with Crippen LogP contribution in [0.25, 0.3) is 16.7 Å². The molecule has 35 heavy (non-hydrogen) atoms.